The molecule has 1 fully saturated rings. The molecule has 196 valence electrons. The fourth-order valence-corrected chi connectivity index (χ4v) is 6.48. The lowest BCUT2D eigenvalue weighted by Crippen LogP contribution is -2.38. The number of fused-ring (bicyclic) bond motifs is 1. The summed E-state index contributed by atoms with van der Waals surface area (Å²) < 4.78 is 7.07. The molecule has 1 saturated carbocycles. The van der Waals surface area contributed by atoms with E-state index >= 15 is 0 Å². The van der Waals surface area contributed by atoms with E-state index in [2.05, 4.69) is 21.7 Å². The van der Waals surface area contributed by atoms with Gasteiger partial charge in [-0.15, -0.1) is 22.7 Å². The molecule has 0 unspecified atom stereocenters. The number of para-hydroxylation sites is 1. The minimum Gasteiger partial charge on any atom is -0.396 e. The van der Waals surface area contributed by atoms with Crippen LogP contribution in [0.4, 0.5) is 11.8 Å². The molecule has 5 rings (SSSR count). The molecule has 1 aromatic carbocycles. The van der Waals surface area contributed by atoms with E-state index in [0.717, 1.165) is 37.2 Å². The number of anilines is 2. The van der Waals surface area contributed by atoms with Crippen molar-refractivity contribution in [3.05, 3.63) is 46.0 Å². The predicted octanol–water partition coefficient (Wildman–Crippen LogP) is 4.74. The Bertz CT molecular complexity index is 1350. The van der Waals surface area contributed by atoms with Crippen molar-refractivity contribution in [2.45, 2.75) is 65.0 Å². The molecule has 1 aliphatic carbocycles. The number of aliphatic hydroxyl groups excluding tert-OH is 1. The summed E-state index contributed by atoms with van der Waals surface area (Å²) in [6, 6.07) is 7.89. The van der Waals surface area contributed by atoms with Crippen molar-refractivity contribution in [3.63, 3.8) is 0 Å². The van der Waals surface area contributed by atoms with Crippen LogP contribution in [0, 0.1) is 19.8 Å². The van der Waals surface area contributed by atoms with Gasteiger partial charge in [0.25, 0.3) is 0 Å². The maximum atomic E-state index is 10.3. The Morgan fingerprint density at radius 1 is 1.11 bits per heavy atom. The van der Waals surface area contributed by atoms with Gasteiger partial charge < -0.3 is 25.6 Å². The number of benzene rings is 1. The van der Waals surface area contributed by atoms with Gasteiger partial charge in [0.1, 0.15) is 15.8 Å². The number of aromatic nitrogens is 4. The summed E-state index contributed by atoms with van der Waals surface area (Å²) in [6.45, 7) is 7.78. The zero-order valence-electron chi connectivity index (χ0n) is 21.4. The second-order valence-electron chi connectivity index (χ2n) is 9.95. The quantitative estimate of drug-likeness (QED) is 0.223. The Hall–Kier alpha value is -2.70. The number of rotatable bonds is 9. The molecular weight excluding hydrogens is 508 g/mol. The zero-order valence-corrected chi connectivity index (χ0v) is 23.0. The molecule has 4 aromatic rings. The highest BCUT2D eigenvalue weighted by molar-refractivity contribution is 7.21. The fraction of sp³-hybridized carbons (Fsp3) is 0.462. The lowest BCUT2D eigenvalue weighted by molar-refractivity contribution is -0.205. The molecule has 0 saturated heterocycles. The van der Waals surface area contributed by atoms with E-state index < -0.39 is 5.79 Å². The van der Waals surface area contributed by atoms with Crippen LogP contribution in [0.15, 0.2) is 29.6 Å². The number of ether oxygens (including phenoxy) is 1. The third-order valence-electron chi connectivity index (χ3n) is 6.28. The summed E-state index contributed by atoms with van der Waals surface area (Å²) in [7, 11) is 0. The van der Waals surface area contributed by atoms with Gasteiger partial charge in [0.2, 0.25) is 5.95 Å². The molecule has 3 atom stereocenters. The monoisotopic (exact) mass is 540 g/mol. The minimum absolute atomic E-state index is 0.0669. The second kappa shape index (κ2) is 10.6. The Labute approximate surface area is 224 Å². The molecule has 4 N–H and O–H groups in total. The third-order valence-corrected chi connectivity index (χ3v) is 8.30. The van der Waals surface area contributed by atoms with Crippen LogP contribution in [0.3, 0.4) is 0 Å². The first-order valence-electron chi connectivity index (χ1n) is 12.4. The number of aryl methyl sites for hydroxylation is 2. The molecule has 0 amide bonds. The van der Waals surface area contributed by atoms with Crippen molar-refractivity contribution in [1.82, 2.24) is 19.9 Å². The Morgan fingerprint density at radius 3 is 2.62 bits per heavy atom. The highest BCUT2D eigenvalue weighted by Crippen LogP contribution is 2.39. The van der Waals surface area contributed by atoms with Crippen LogP contribution < -0.4 is 10.6 Å². The molecule has 0 aliphatic heterocycles. The lowest BCUT2D eigenvalue weighted by Gasteiger charge is -2.29. The maximum absolute atomic E-state index is 10.3. The maximum Gasteiger partial charge on any atom is 0.225 e. The minimum atomic E-state index is -1.29. The number of hydrogen-bond acceptors (Lipinski definition) is 11. The van der Waals surface area contributed by atoms with Crippen molar-refractivity contribution in [2.75, 3.05) is 17.2 Å². The first kappa shape index (κ1) is 25.9. The second-order valence-corrected chi connectivity index (χ2v) is 11.9. The Kier molecular flexibility index (Phi) is 7.42. The molecular formula is C26H32N6O3S2. The predicted molar refractivity (Wildman–Crippen MR) is 148 cm³/mol. The summed E-state index contributed by atoms with van der Waals surface area (Å²) in [4.78, 5) is 19.0. The van der Waals surface area contributed by atoms with Gasteiger partial charge in [-0.05, 0) is 58.6 Å². The van der Waals surface area contributed by atoms with Gasteiger partial charge in [0.15, 0.2) is 5.79 Å². The fourth-order valence-electron chi connectivity index (χ4n) is 4.71. The first-order valence-corrected chi connectivity index (χ1v) is 14.0. The molecule has 11 heteroatoms. The van der Waals surface area contributed by atoms with Crippen LogP contribution in [0.1, 0.15) is 43.1 Å². The Balaban J connectivity index is 1.51. The summed E-state index contributed by atoms with van der Waals surface area (Å²) in [5, 5.41) is 30.9. The number of nitrogens with one attached hydrogen (secondary N) is 2. The van der Waals surface area contributed by atoms with Crippen molar-refractivity contribution >= 4 is 44.7 Å². The molecule has 3 aromatic heterocycles. The molecule has 37 heavy (non-hydrogen) atoms. The van der Waals surface area contributed by atoms with Crippen molar-refractivity contribution in [3.8, 4) is 10.6 Å². The van der Waals surface area contributed by atoms with E-state index in [9.17, 15) is 10.2 Å². The van der Waals surface area contributed by atoms with Crippen LogP contribution in [-0.4, -0.2) is 54.7 Å². The van der Waals surface area contributed by atoms with Gasteiger partial charge in [0, 0.05) is 17.7 Å². The summed E-state index contributed by atoms with van der Waals surface area (Å²) >= 11 is 3.20. The van der Waals surface area contributed by atoms with Crippen molar-refractivity contribution < 1.29 is 14.9 Å². The molecule has 3 heterocycles. The van der Waals surface area contributed by atoms with Gasteiger partial charge >= 0.3 is 0 Å². The first-order chi connectivity index (χ1) is 17.7. The molecule has 0 radical (unpaired) electrons. The van der Waals surface area contributed by atoms with Crippen LogP contribution in [0.25, 0.3) is 20.8 Å². The van der Waals surface area contributed by atoms with E-state index in [0.29, 0.717) is 31.2 Å². The van der Waals surface area contributed by atoms with E-state index in [1.165, 1.54) is 0 Å². The largest absolute Gasteiger partial charge is 0.396 e. The van der Waals surface area contributed by atoms with Gasteiger partial charge in [0.05, 0.1) is 40.2 Å². The number of aliphatic hydroxyl groups is 2. The number of thiazole rings is 2. The van der Waals surface area contributed by atoms with Crippen molar-refractivity contribution in [2.24, 2.45) is 5.92 Å². The van der Waals surface area contributed by atoms with E-state index in [1.54, 1.807) is 36.5 Å². The number of nitrogens with zero attached hydrogens (tertiary/aromatic N) is 4. The molecule has 0 bridgehead atoms. The standard InChI is InChI=1S/C26H32N6O3S2/c1-14-13-36-21(28-14)11-27-25-29-15(2)22(24-31-17-7-5-6-8-20(17)37-24)23(32-25)30-18-9-16(12-33)10-19(18)35-26(3,4)34/h5-8,13,16,18-19,33-34H,9-12H2,1-4H3,(H2,27,29,30,32)/t16-,18+,19+/m0/s1. The van der Waals surface area contributed by atoms with E-state index in [1.807, 2.05) is 37.4 Å². The van der Waals surface area contributed by atoms with Gasteiger partial charge in [-0.2, -0.15) is 4.98 Å². The Morgan fingerprint density at radius 2 is 1.92 bits per heavy atom. The number of hydrogen-bond donors (Lipinski definition) is 4. The van der Waals surface area contributed by atoms with Gasteiger partial charge in [-0.25, -0.2) is 15.0 Å². The molecule has 1 aliphatic rings. The third kappa shape index (κ3) is 6.07. The SMILES string of the molecule is Cc1csc(CNc2nc(C)c(-c3nc4ccccc4s3)c(N[C@@H]3C[C@H](CO)C[C@H]3OC(C)(C)O)n2)n1. The summed E-state index contributed by atoms with van der Waals surface area (Å²) in [5.41, 5.74) is 3.56. The normalized spacial score (nSPS) is 20.0. The highest BCUT2D eigenvalue weighted by atomic mass is 32.1. The average molecular weight is 541 g/mol. The topological polar surface area (TPSA) is 125 Å². The van der Waals surface area contributed by atoms with E-state index in [-0.39, 0.29) is 24.7 Å². The van der Waals surface area contributed by atoms with Crippen LogP contribution in [-0.2, 0) is 11.3 Å². The molecule has 9 nitrogen and oxygen atoms in total. The van der Waals surface area contributed by atoms with Crippen LogP contribution in [0.2, 0.25) is 0 Å². The van der Waals surface area contributed by atoms with Gasteiger partial charge in [-0.1, -0.05) is 12.1 Å². The summed E-state index contributed by atoms with van der Waals surface area (Å²) in [6.07, 6.45) is 1.05. The zero-order chi connectivity index (χ0) is 26.2. The lowest BCUT2D eigenvalue weighted by atomic mass is 10.1. The average Bonchev–Trinajstić information content (AvgIpc) is 3.55. The van der Waals surface area contributed by atoms with Crippen LogP contribution in [0.5, 0.6) is 0 Å². The van der Waals surface area contributed by atoms with Gasteiger partial charge in [-0.3, -0.25) is 0 Å². The highest BCUT2D eigenvalue weighted by Gasteiger charge is 2.38. The van der Waals surface area contributed by atoms with Crippen molar-refractivity contribution in [1.29, 1.82) is 0 Å². The summed E-state index contributed by atoms with van der Waals surface area (Å²) in [5.74, 6) is -0.0681. The smallest absolute Gasteiger partial charge is 0.225 e. The van der Waals surface area contributed by atoms with E-state index in [4.69, 9.17) is 19.7 Å². The molecule has 0 spiro atoms. The van der Waals surface area contributed by atoms with Crippen LogP contribution >= 0.6 is 22.7 Å².